The zero-order valence-electron chi connectivity index (χ0n) is 14.3. The number of piperazine rings is 1. The van der Waals surface area contributed by atoms with Crippen LogP contribution in [-0.2, 0) is 0 Å². The molecule has 1 saturated heterocycles. The fourth-order valence-corrected chi connectivity index (χ4v) is 2.85. The van der Waals surface area contributed by atoms with Gasteiger partial charge in [0.2, 0.25) is 0 Å². The highest BCUT2D eigenvalue weighted by molar-refractivity contribution is 5.95. The number of aromatic nitrogens is 4. The van der Waals surface area contributed by atoms with Crippen molar-refractivity contribution in [3.8, 4) is 0 Å². The van der Waals surface area contributed by atoms with Gasteiger partial charge in [-0.05, 0) is 13.5 Å². The molecule has 1 fully saturated rings. The van der Waals surface area contributed by atoms with Crippen LogP contribution < -0.4 is 0 Å². The molecular formula is C16H24N6O. The summed E-state index contributed by atoms with van der Waals surface area (Å²) in [7, 11) is 0. The molecule has 0 aromatic carbocycles. The SMILES string of the molecule is CCN1CCN(C(=O)c2cnc3nc(C(C)C)nn3c2C)CC1. The van der Waals surface area contributed by atoms with E-state index in [9.17, 15) is 4.79 Å². The minimum absolute atomic E-state index is 0.0363. The number of likely N-dealkylation sites (N-methyl/N-ethyl adjacent to an activating group) is 1. The summed E-state index contributed by atoms with van der Waals surface area (Å²) in [5.41, 5.74) is 1.42. The van der Waals surface area contributed by atoms with Crippen molar-refractivity contribution < 1.29 is 4.79 Å². The summed E-state index contributed by atoms with van der Waals surface area (Å²) in [5, 5.41) is 4.49. The standard InChI is InChI=1S/C16H24N6O/c1-5-20-6-8-21(9-7-20)15(23)13-10-17-16-18-14(11(2)3)19-22(16)12(13)4/h10-11H,5-9H2,1-4H3. The second-order valence-electron chi connectivity index (χ2n) is 6.32. The van der Waals surface area contributed by atoms with Crippen molar-refractivity contribution in [3.05, 3.63) is 23.3 Å². The highest BCUT2D eigenvalue weighted by atomic mass is 16.2. The fourth-order valence-electron chi connectivity index (χ4n) is 2.85. The molecule has 0 radical (unpaired) electrons. The molecule has 3 heterocycles. The molecule has 0 bridgehead atoms. The number of aryl methyl sites for hydroxylation is 1. The van der Waals surface area contributed by atoms with Crippen LogP contribution in [0.15, 0.2) is 6.20 Å². The van der Waals surface area contributed by atoms with Crippen molar-refractivity contribution in [2.24, 2.45) is 0 Å². The van der Waals surface area contributed by atoms with Gasteiger partial charge in [0.15, 0.2) is 5.82 Å². The Labute approximate surface area is 136 Å². The molecule has 1 amide bonds. The van der Waals surface area contributed by atoms with Crippen molar-refractivity contribution in [3.63, 3.8) is 0 Å². The Kier molecular flexibility index (Phi) is 4.30. The van der Waals surface area contributed by atoms with Crippen LogP contribution in [0, 0.1) is 6.92 Å². The number of hydrogen-bond acceptors (Lipinski definition) is 5. The third-order valence-corrected chi connectivity index (χ3v) is 4.48. The van der Waals surface area contributed by atoms with Crippen molar-refractivity contribution in [1.29, 1.82) is 0 Å². The van der Waals surface area contributed by atoms with Gasteiger partial charge < -0.3 is 9.80 Å². The summed E-state index contributed by atoms with van der Waals surface area (Å²) in [6.45, 7) is 12.6. The van der Waals surface area contributed by atoms with Gasteiger partial charge in [0.25, 0.3) is 11.7 Å². The second kappa shape index (κ2) is 6.23. The Morgan fingerprint density at radius 3 is 2.57 bits per heavy atom. The van der Waals surface area contributed by atoms with Gasteiger partial charge in [0.1, 0.15) is 0 Å². The summed E-state index contributed by atoms with van der Waals surface area (Å²) >= 11 is 0. The quantitative estimate of drug-likeness (QED) is 0.855. The Morgan fingerprint density at radius 1 is 1.26 bits per heavy atom. The topological polar surface area (TPSA) is 66.6 Å². The van der Waals surface area contributed by atoms with Crippen LogP contribution in [0.2, 0.25) is 0 Å². The molecule has 23 heavy (non-hydrogen) atoms. The van der Waals surface area contributed by atoms with Crippen molar-refractivity contribution in [2.45, 2.75) is 33.6 Å². The molecule has 0 atom stereocenters. The summed E-state index contributed by atoms with van der Waals surface area (Å²) < 4.78 is 1.69. The first kappa shape index (κ1) is 15.9. The van der Waals surface area contributed by atoms with Gasteiger partial charge in [-0.2, -0.15) is 4.98 Å². The maximum Gasteiger partial charge on any atom is 0.257 e. The summed E-state index contributed by atoms with van der Waals surface area (Å²) in [6, 6.07) is 0. The van der Waals surface area contributed by atoms with Gasteiger partial charge in [-0.3, -0.25) is 4.79 Å². The largest absolute Gasteiger partial charge is 0.336 e. The number of amides is 1. The van der Waals surface area contributed by atoms with Crippen LogP contribution in [0.4, 0.5) is 0 Å². The van der Waals surface area contributed by atoms with E-state index in [1.165, 1.54) is 0 Å². The number of carbonyl (C=O) groups is 1. The zero-order valence-corrected chi connectivity index (χ0v) is 14.3. The molecule has 0 N–H and O–H groups in total. The molecule has 1 aliphatic rings. The van der Waals surface area contributed by atoms with E-state index >= 15 is 0 Å². The van der Waals surface area contributed by atoms with Crippen molar-refractivity contribution >= 4 is 11.7 Å². The maximum atomic E-state index is 12.8. The third-order valence-electron chi connectivity index (χ3n) is 4.48. The van der Waals surface area contributed by atoms with E-state index in [0.29, 0.717) is 11.3 Å². The van der Waals surface area contributed by atoms with Crippen molar-refractivity contribution in [1.82, 2.24) is 29.4 Å². The number of fused-ring (bicyclic) bond motifs is 1. The molecule has 7 nitrogen and oxygen atoms in total. The lowest BCUT2D eigenvalue weighted by Crippen LogP contribution is -2.48. The minimum Gasteiger partial charge on any atom is -0.336 e. The summed E-state index contributed by atoms with van der Waals surface area (Å²) in [4.78, 5) is 25.8. The second-order valence-corrected chi connectivity index (χ2v) is 6.32. The van der Waals surface area contributed by atoms with Crippen LogP contribution in [0.1, 0.15) is 48.6 Å². The zero-order chi connectivity index (χ0) is 16.6. The lowest BCUT2D eigenvalue weighted by atomic mass is 10.2. The van der Waals surface area contributed by atoms with Crippen LogP contribution >= 0.6 is 0 Å². The van der Waals surface area contributed by atoms with E-state index in [4.69, 9.17) is 0 Å². The molecule has 0 unspecified atom stereocenters. The molecule has 2 aromatic rings. The summed E-state index contributed by atoms with van der Waals surface area (Å²) in [6.07, 6.45) is 1.64. The minimum atomic E-state index is 0.0363. The Balaban J connectivity index is 1.87. The molecule has 0 saturated carbocycles. The molecule has 1 aliphatic heterocycles. The smallest absolute Gasteiger partial charge is 0.257 e. The van der Waals surface area contributed by atoms with E-state index in [1.54, 1.807) is 10.7 Å². The van der Waals surface area contributed by atoms with Gasteiger partial charge in [0.05, 0.1) is 11.3 Å². The van der Waals surface area contributed by atoms with Gasteiger partial charge in [0, 0.05) is 38.3 Å². The van der Waals surface area contributed by atoms with Gasteiger partial charge in [-0.25, -0.2) is 9.50 Å². The van der Waals surface area contributed by atoms with Crippen LogP contribution in [0.5, 0.6) is 0 Å². The van der Waals surface area contributed by atoms with Crippen molar-refractivity contribution in [2.75, 3.05) is 32.7 Å². The van der Waals surface area contributed by atoms with Crippen LogP contribution in [0.25, 0.3) is 5.78 Å². The lowest BCUT2D eigenvalue weighted by Gasteiger charge is -2.34. The lowest BCUT2D eigenvalue weighted by molar-refractivity contribution is 0.0641. The molecule has 124 valence electrons. The van der Waals surface area contributed by atoms with E-state index < -0.39 is 0 Å². The Bertz CT molecular complexity index is 715. The Hall–Kier alpha value is -2.02. The van der Waals surface area contributed by atoms with Gasteiger partial charge in [-0.1, -0.05) is 20.8 Å². The molecular weight excluding hydrogens is 292 g/mol. The summed E-state index contributed by atoms with van der Waals surface area (Å²) in [5.74, 6) is 1.58. The number of nitrogens with zero attached hydrogens (tertiary/aromatic N) is 6. The van der Waals surface area contributed by atoms with E-state index in [2.05, 4.69) is 26.9 Å². The first-order chi connectivity index (χ1) is 11.0. The van der Waals surface area contributed by atoms with Crippen LogP contribution in [0.3, 0.4) is 0 Å². The van der Waals surface area contributed by atoms with Crippen LogP contribution in [-0.4, -0.2) is 68.0 Å². The van der Waals surface area contributed by atoms with E-state index in [-0.39, 0.29) is 11.8 Å². The first-order valence-electron chi connectivity index (χ1n) is 8.25. The highest BCUT2D eigenvalue weighted by Crippen LogP contribution is 2.16. The molecule has 0 spiro atoms. The van der Waals surface area contributed by atoms with Gasteiger partial charge in [-0.15, -0.1) is 5.10 Å². The fraction of sp³-hybridized carbons (Fsp3) is 0.625. The predicted octanol–water partition coefficient (Wildman–Crippen LogP) is 1.33. The predicted molar refractivity (Wildman–Crippen MR) is 87.6 cm³/mol. The number of rotatable bonds is 3. The van der Waals surface area contributed by atoms with E-state index in [0.717, 1.165) is 44.2 Å². The average Bonchev–Trinajstić information content (AvgIpc) is 3.00. The average molecular weight is 316 g/mol. The van der Waals surface area contributed by atoms with E-state index in [1.807, 2.05) is 25.7 Å². The molecule has 2 aromatic heterocycles. The Morgan fingerprint density at radius 2 is 1.96 bits per heavy atom. The number of hydrogen-bond donors (Lipinski definition) is 0. The maximum absolute atomic E-state index is 12.8. The van der Waals surface area contributed by atoms with Gasteiger partial charge >= 0.3 is 0 Å². The number of carbonyl (C=O) groups excluding carboxylic acids is 1. The third kappa shape index (κ3) is 2.93. The molecule has 0 aliphatic carbocycles. The highest BCUT2D eigenvalue weighted by Gasteiger charge is 2.24. The normalized spacial score (nSPS) is 16.5. The molecule has 7 heteroatoms. The first-order valence-corrected chi connectivity index (χ1v) is 8.25. The molecule has 3 rings (SSSR count). The monoisotopic (exact) mass is 316 g/mol.